The SMILES string of the molecule is C1CCN(C2(CNCC3CCCN3)CCCCC2)CC1. The quantitative estimate of drug-likeness (QED) is 0.810. The lowest BCUT2D eigenvalue weighted by Gasteiger charge is -2.48. The Bertz CT molecular complexity index is 274. The van der Waals surface area contributed by atoms with Gasteiger partial charge < -0.3 is 10.6 Å². The molecule has 3 fully saturated rings. The van der Waals surface area contributed by atoms with Crippen LogP contribution in [-0.2, 0) is 0 Å². The first kappa shape index (κ1) is 14.8. The third-order valence-corrected chi connectivity index (χ3v) is 5.82. The zero-order chi connectivity index (χ0) is 13.7. The second-order valence-electron chi connectivity index (χ2n) is 7.26. The lowest BCUT2D eigenvalue weighted by molar-refractivity contribution is 0.0333. The van der Waals surface area contributed by atoms with Crippen LogP contribution in [0.25, 0.3) is 0 Å². The number of nitrogens with one attached hydrogen (secondary N) is 2. The molecule has 2 saturated heterocycles. The third kappa shape index (κ3) is 3.55. The van der Waals surface area contributed by atoms with E-state index in [-0.39, 0.29) is 0 Å². The molecule has 0 bridgehead atoms. The van der Waals surface area contributed by atoms with Crippen LogP contribution in [0.4, 0.5) is 0 Å². The zero-order valence-corrected chi connectivity index (χ0v) is 13.1. The predicted molar refractivity (Wildman–Crippen MR) is 85.1 cm³/mol. The minimum atomic E-state index is 0.497. The minimum absolute atomic E-state index is 0.497. The van der Waals surface area contributed by atoms with Gasteiger partial charge >= 0.3 is 0 Å². The second-order valence-corrected chi connectivity index (χ2v) is 7.26. The van der Waals surface area contributed by atoms with Crippen LogP contribution < -0.4 is 10.6 Å². The standard InChI is InChI=1S/C17H33N3/c1-3-9-17(10-4-1,20-12-5-2-6-13-20)15-18-14-16-8-7-11-19-16/h16,18-19H,1-15H2. The summed E-state index contributed by atoms with van der Waals surface area (Å²) in [6.45, 7) is 6.33. The van der Waals surface area contributed by atoms with Gasteiger partial charge in [-0.25, -0.2) is 0 Å². The molecule has 3 nitrogen and oxygen atoms in total. The van der Waals surface area contributed by atoms with Gasteiger partial charge in [-0.3, -0.25) is 4.90 Å². The summed E-state index contributed by atoms with van der Waals surface area (Å²) in [5.74, 6) is 0. The highest BCUT2D eigenvalue weighted by Crippen LogP contribution is 2.35. The summed E-state index contributed by atoms with van der Waals surface area (Å²) in [6, 6.07) is 0.733. The molecular formula is C17H33N3. The number of hydrogen-bond donors (Lipinski definition) is 2. The van der Waals surface area contributed by atoms with E-state index in [1.807, 2.05) is 0 Å². The Labute approximate surface area is 124 Å². The summed E-state index contributed by atoms with van der Waals surface area (Å²) in [6.07, 6.45) is 14.2. The summed E-state index contributed by atoms with van der Waals surface area (Å²) in [5.41, 5.74) is 0.497. The van der Waals surface area contributed by atoms with Gasteiger partial charge in [-0.1, -0.05) is 25.7 Å². The van der Waals surface area contributed by atoms with E-state index in [0.29, 0.717) is 5.54 Å². The molecule has 116 valence electrons. The highest BCUT2D eigenvalue weighted by molar-refractivity contribution is 4.96. The van der Waals surface area contributed by atoms with Crippen LogP contribution in [0.3, 0.4) is 0 Å². The summed E-state index contributed by atoms with van der Waals surface area (Å²) in [5, 5.41) is 7.44. The summed E-state index contributed by atoms with van der Waals surface area (Å²) in [7, 11) is 0. The van der Waals surface area contributed by atoms with Crippen molar-refractivity contribution in [3.63, 3.8) is 0 Å². The smallest absolute Gasteiger partial charge is 0.0333 e. The van der Waals surface area contributed by atoms with Crippen molar-refractivity contribution in [3.05, 3.63) is 0 Å². The van der Waals surface area contributed by atoms with Crippen molar-refractivity contribution in [1.82, 2.24) is 15.5 Å². The van der Waals surface area contributed by atoms with Gasteiger partial charge in [0.15, 0.2) is 0 Å². The molecule has 1 unspecified atom stereocenters. The van der Waals surface area contributed by atoms with Crippen LogP contribution in [0.15, 0.2) is 0 Å². The van der Waals surface area contributed by atoms with Gasteiger partial charge in [-0.15, -0.1) is 0 Å². The molecule has 3 aliphatic rings. The fourth-order valence-electron chi connectivity index (χ4n) is 4.59. The molecular weight excluding hydrogens is 246 g/mol. The maximum absolute atomic E-state index is 3.83. The normalized spacial score (nSPS) is 31.5. The molecule has 0 amide bonds. The molecule has 0 spiro atoms. The Kier molecular flexibility index (Phi) is 5.36. The average molecular weight is 279 g/mol. The zero-order valence-electron chi connectivity index (χ0n) is 13.1. The van der Waals surface area contributed by atoms with Crippen LogP contribution >= 0.6 is 0 Å². The lowest BCUT2D eigenvalue weighted by Crippen LogP contribution is -2.58. The topological polar surface area (TPSA) is 27.3 Å². The third-order valence-electron chi connectivity index (χ3n) is 5.82. The Morgan fingerprint density at radius 2 is 1.70 bits per heavy atom. The fourth-order valence-corrected chi connectivity index (χ4v) is 4.59. The van der Waals surface area contributed by atoms with Gasteiger partial charge in [0, 0.05) is 24.7 Å². The largest absolute Gasteiger partial charge is 0.313 e. The van der Waals surface area contributed by atoms with Crippen molar-refractivity contribution in [2.45, 2.75) is 75.8 Å². The summed E-state index contributed by atoms with van der Waals surface area (Å²) in [4.78, 5) is 2.85. The average Bonchev–Trinajstić information content (AvgIpc) is 3.02. The van der Waals surface area contributed by atoms with Gasteiger partial charge in [-0.2, -0.15) is 0 Å². The summed E-state index contributed by atoms with van der Waals surface area (Å²) >= 11 is 0. The fraction of sp³-hybridized carbons (Fsp3) is 1.00. The van der Waals surface area contributed by atoms with E-state index in [4.69, 9.17) is 0 Å². The molecule has 0 aromatic carbocycles. The highest BCUT2D eigenvalue weighted by atomic mass is 15.2. The highest BCUT2D eigenvalue weighted by Gasteiger charge is 2.38. The molecule has 1 saturated carbocycles. The Balaban J connectivity index is 1.53. The van der Waals surface area contributed by atoms with E-state index in [1.54, 1.807) is 0 Å². The first-order valence-corrected chi connectivity index (χ1v) is 9.08. The number of likely N-dealkylation sites (tertiary alicyclic amines) is 1. The first-order valence-electron chi connectivity index (χ1n) is 9.08. The van der Waals surface area contributed by atoms with E-state index in [2.05, 4.69) is 15.5 Å². The van der Waals surface area contributed by atoms with E-state index in [0.717, 1.165) is 6.04 Å². The number of rotatable bonds is 5. The molecule has 20 heavy (non-hydrogen) atoms. The van der Waals surface area contributed by atoms with Crippen LogP contribution in [-0.4, -0.2) is 49.2 Å². The van der Waals surface area contributed by atoms with Gasteiger partial charge in [-0.05, 0) is 58.2 Å². The molecule has 0 aromatic rings. The van der Waals surface area contributed by atoms with Gasteiger partial charge in [0.1, 0.15) is 0 Å². The van der Waals surface area contributed by atoms with Crippen LogP contribution in [0, 0.1) is 0 Å². The molecule has 2 N–H and O–H groups in total. The van der Waals surface area contributed by atoms with Crippen LogP contribution in [0.1, 0.15) is 64.2 Å². The molecule has 1 atom stereocenters. The molecule has 3 heteroatoms. The lowest BCUT2D eigenvalue weighted by atomic mass is 9.79. The number of piperidine rings is 1. The monoisotopic (exact) mass is 279 g/mol. The van der Waals surface area contributed by atoms with E-state index in [9.17, 15) is 0 Å². The predicted octanol–water partition coefficient (Wildman–Crippen LogP) is 2.52. The molecule has 3 rings (SSSR count). The van der Waals surface area contributed by atoms with Crippen LogP contribution in [0.2, 0.25) is 0 Å². The van der Waals surface area contributed by atoms with E-state index >= 15 is 0 Å². The first-order chi connectivity index (χ1) is 9.89. The van der Waals surface area contributed by atoms with Crippen molar-refractivity contribution in [3.8, 4) is 0 Å². The van der Waals surface area contributed by atoms with E-state index < -0.39 is 0 Å². The minimum Gasteiger partial charge on any atom is -0.313 e. The van der Waals surface area contributed by atoms with Crippen molar-refractivity contribution in [2.75, 3.05) is 32.7 Å². The van der Waals surface area contributed by atoms with Crippen molar-refractivity contribution in [1.29, 1.82) is 0 Å². The van der Waals surface area contributed by atoms with Crippen LogP contribution in [0.5, 0.6) is 0 Å². The maximum Gasteiger partial charge on any atom is 0.0333 e. The second kappa shape index (κ2) is 7.24. The summed E-state index contributed by atoms with van der Waals surface area (Å²) < 4.78 is 0. The number of nitrogens with zero attached hydrogens (tertiary/aromatic N) is 1. The van der Waals surface area contributed by atoms with Gasteiger partial charge in [0.05, 0.1) is 0 Å². The molecule has 0 radical (unpaired) electrons. The maximum atomic E-state index is 3.83. The molecule has 0 aromatic heterocycles. The number of hydrogen-bond acceptors (Lipinski definition) is 3. The Morgan fingerprint density at radius 1 is 0.950 bits per heavy atom. The Morgan fingerprint density at radius 3 is 2.40 bits per heavy atom. The van der Waals surface area contributed by atoms with E-state index in [1.165, 1.54) is 96.9 Å². The van der Waals surface area contributed by atoms with Crippen molar-refractivity contribution in [2.24, 2.45) is 0 Å². The Hall–Kier alpha value is -0.120. The van der Waals surface area contributed by atoms with Gasteiger partial charge in [0.25, 0.3) is 0 Å². The molecule has 1 aliphatic carbocycles. The van der Waals surface area contributed by atoms with Gasteiger partial charge in [0.2, 0.25) is 0 Å². The molecule has 2 aliphatic heterocycles. The molecule has 2 heterocycles. The van der Waals surface area contributed by atoms with Crippen molar-refractivity contribution < 1.29 is 0 Å². The van der Waals surface area contributed by atoms with Crippen molar-refractivity contribution >= 4 is 0 Å².